The average Bonchev–Trinajstić information content (AvgIpc) is 2.06. The fourth-order valence-corrected chi connectivity index (χ4v) is 1.31. The lowest BCUT2D eigenvalue weighted by molar-refractivity contribution is -0.149. The van der Waals surface area contributed by atoms with Gasteiger partial charge in [-0.2, -0.15) is 13.2 Å². The number of halogens is 6. The second kappa shape index (κ2) is 5.14. The minimum Gasteiger partial charge on any atom is -0.316 e. The molecule has 0 bridgehead atoms. The predicted octanol–water partition coefficient (Wildman–Crippen LogP) is 3.57. The molecule has 0 unspecified atom stereocenters. The Bertz CT molecular complexity index is 342. The molecule has 1 atom stereocenters. The van der Waals surface area contributed by atoms with Gasteiger partial charge in [0.2, 0.25) is 0 Å². The van der Waals surface area contributed by atoms with E-state index in [0.717, 1.165) is 12.1 Å². The van der Waals surface area contributed by atoms with Crippen LogP contribution in [0.2, 0.25) is 0 Å². The van der Waals surface area contributed by atoms with Crippen LogP contribution in [0.4, 0.5) is 17.6 Å². The van der Waals surface area contributed by atoms with E-state index in [0.29, 0.717) is 4.47 Å². The summed E-state index contributed by atoms with van der Waals surface area (Å²) in [7, 11) is 0. The lowest BCUT2D eigenvalue weighted by Crippen LogP contribution is -2.29. The topological polar surface area (TPSA) is 26.0 Å². The summed E-state index contributed by atoms with van der Waals surface area (Å²) in [5.74, 6) is -0.960. The maximum absolute atomic E-state index is 12.9. The number of rotatable bonds is 1. The standard InChI is InChI=1S/C8H6BrF4N.ClH/c9-4-1-2-6(10)5(3-4)7(14)8(11,12)13;/h1-3,7H,14H2;1H/t7-;/m0./s1. The lowest BCUT2D eigenvalue weighted by atomic mass is 10.1. The van der Waals surface area contributed by atoms with Gasteiger partial charge in [-0.05, 0) is 18.2 Å². The molecule has 15 heavy (non-hydrogen) atoms. The van der Waals surface area contributed by atoms with Gasteiger partial charge in [-0.3, -0.25) is 0 Å². The molecule has 0 fully saturated rings. The van der Waals surface area contributed by atoms with Crippen molar-refractivity contribution in [3.8, 4) is 0 Å². The first kappa shape index (κ1) is 14.7. The molecule has 0 saturated carbocycles. The van der Waals surface area contributed by atoms with Crippen molar-refractivity contribution in [3.63, 3.8) is 0 Å². The molecule has 0 saturated heterocycles. The van der Waals surface area contributed by atoms with Crippen LogP contribution in [-0.2, 0) is 0 Å². The fraction of sp³-hybridized carbons (Fsp3) is 0.250. The van der Waals surface area contributed by atoms with E-state index in [-0.39, 0.29) is 12.4 Å². The zero-order chi connectivity index (χ0) is 10.9. The van der Waals surface area contributed by atoms with Crippen LogP contribution in [0.3, 0.4) is 0 Å². The average molecular weight is 308 g/mol. The molecule has 0 aliphatic heterocycles. The first-order valence-electron chi connectivity index (χ1n) is 3.59. The zero-order valence-electron chi connectivity index (χ0n) is 7.18. The summed E-state index contributed by atoms with van der Waals surface area (Å²) in [6, 6.07) is 0.973. The predicted molar refractivity (Wildman–Crippen MR) is 54.3 cm³/mol. The Kier molecular flexibility index (Phi) is 5.02. The van der Waals surface area contributed by atoms with Gasteiger partial charge in [-0.25, -0.2) is 4.39 Å². The smallest absolute Gasteiger partial charge is 0.316 e. The van der Waals surface area contributed by atoms with Crippen LogP contribution in [0.15, 0.2) is 22.7 Å². The van der Waals surface area contributed by atoms with Gasteiger partial charge in [0.05, 0.1) is 0 Å². The van der Waals surface area contributed by atoms with E-state index in [4.69, 9.17) is 5.73 Å². The maximum atomic E-state index is 12.9. The van der Waals surface area contributed by atoms with E-state index in [9.17, 15) is 17.6 Å². The molecule has 0 radical (unpaired) electrons. The third-order valence-corrected chi connectivity index (χ3v) is 2.14. The summed E-state index contributed by atoms with van der Waals surface area (Å²) < 4.78 is 49.7. The van der Waals surface area contributed by atoms with Gasteiger partial charge < -0.3 is 5.73 Å². The number of hydrogen-bond acceptors (Lipinski definition) is 1. The molecule has 1 nitrogen and oxygen atoms in total. The van der Waals surface area contributed by atoms with E-state index in [2.05, 4.69) is 15.9 Å². The molecule has 0 spiro atoms. The van der Waals surface area contributed by atoms with Crippen LogP contribution in [0.1, 0.15) is 11.6 Å². The first-order valence-corrected chi connectivity index (χ1v) is 4.39. The van der Waals surface area contributed by atoms with Gasteiger partial charge in [0.25, 0.3) is 0 Å². The summed E-state index contributed by atoms with van der Waals surface area (Å²) in [6.07, 6.45) is -4.64. The van der Waals surface area contributed by atoms with Gasteiger partial charge in [0.1, 0.15) is 11.9 Å². The SMILES string of the molecule is Cl.N[C@@H](c1cc(Br)ccc1F)C(F)(F)F. The van der Waals surface area contributed by atoms with Gasteiger partial charge in [0.15, 0.2) is 0 Å². The van der Waals surface area contributed by atoms with Crippen molar-refractivity contribution in [2.75, 3.05) is 0 Å². The summed E-state index contributed by atoms with van der Waals surface area (Å²) in [4.78, 5) is 0. The minimum atomic E-state index is -4.64. The van der Waals surface area contributed by atoms with E-state index < -0.39 is 23.6 Å². The van der Waals surface area contributed by atoms with E-state index in [1.54, 1.807) is 0 Å². The molecule has 86 valence electrons. The van der Waals surface area contributed by atoms with Crippen LogP contribution >= 0.6 is 28.3 Å². The van der Waals surface area contributed by atoms with Crippen molar-refractivity contribution in [2.45, 2.75) is 12.2 Å². The fourth-order valence-electron chi connectivity index (χ4n) is 0.929. The molecule has 0 heterocycles. The Morgan fingerprint density at radius 1 is 1.27 bits per heavy atom. The van der Waals surface area contributed by atoms with E-state index in [1.165, 1.54) is 6.07 Å². The maximum Gasteiger partial charge on any atom is 0.407 e. The third-order valence-electron chi connectivity index (χ3n) is 1.65. The Labute approximate surface area is 98.2 Å². The summed E-state index contributed by atoms with van der Waals surface area (Å²) in [5.41, 5.74) is 4.29. The van der Waals surface area contributed by atoms with Gasteiger partial charge in [-0.1, -0.05) is 15.9 Å². The molecule has 1 rings (SSSR count). The van der Waals surface area contributed by atoms with Gasteiger partial charge in [0, 0.05) is 10.0 Å². The largest absolute Gasteiger partial charge is 0.407 e. The molecule has 0 aromatic heterocycles. The highest BCUT2D eigenvalue weighted by atomic mass is 79.9. The highest BCUT2D eigenvalue weighted by Crippen LogP contribution is 2.32. The molecule has 7 heteroatoms. The third kappa shape index (κ3) is 3.62. The van der Waals surface area contributed by atoms with Crippen LogP contribution in [0.5, 0.6) is 0 Å². The Balaban J connectivity index is 0.00000196. The normalized spacial score (nSPS) is 13.2. The molecule has 0 aliphatic rings. The van der Waals surface area contributed by atoms with Gasteiger partial charge in [-0.15, -0.1) is 12.4 Å². The Morgan fingerprint density at radius 2 is 1.80 bits per heavy atom. The minimum absolute atomic E-state index is 0. The second-order valence-corrected chi connectivity index (χ2v) is 3.60. The van der Waals surface area contributed by atoms with Crippen molar-refractivity contribution < 1.29 is 17.6 Å². The number of nitrogens with two attached hydrogens (primary N) is 1. The van der Waals surface area contributed by atoms with Gasteiger partial charge >= 0.3 is 6.18 Å². The van der Waals surface area contributed by atoms with Crippen molar-refractivity contribution in [3.05, 3.63) is 34.1 Å². The molecule has 2 N–H and O–H groups in total. The molecular formula is C8H7BrClF4N. The molecular weight excluding hydrogens is 301 g/mol. The van der Waals surface area contributed by atoms with Crippen molar-refractivity contribution in [1.29, 1.82) is 0 Å². The molecule has 0 amide bonds. The quantitative estimate of drug-likeness (QED) is 0.789. The van der Waals surface area contributed by atoms with Crippen LogP contribution < -0.4 is 5.73 Å². The summed E-state index contributed by atoms with van der Waals surface area (Å²) >= 11 is 2.94. The highest BCUT2D eigenvalue weighted by molar-refractivity contribution is 9.10. The Morgan fingerprint density at radius 3 is 2.27 bits per heavy atom. The van der Waals surface area contributed by atoms with E-state index in [1.807, 2.05) is 0 Å². The second-order valence-electron chi connectivity index (χ2n) is 2.69. The van der Waals surface area contributed by atoms with Crippen molar-refractivity contribution in [1.82, 2.24) is 0 Å². The molecule has 1 aromatic carbocycles. The van der Waals surface area contributed by atoms with Crippen LogP contribution in [-0.4, -0.2) is 6.18 Å². The monoisotopic (exact) mass is 307 g/mol. The van der Waals surface area contributed by atoms with Crippen molar-refractivity contribution >= 4 is 28.3 Å². The summed E-state index contributed by atoms with van der Waals surface area (Å²) in [5, 5.41) is 0. The van der Waals surface area contributed by atoms with Crippen LogP contribution in [0.25, 0.3) is 0 Å². The van der Waals surface area contributed by atoms with Crippen LogP contribution in [0, 0.1) is 5.82 Å². The molecule has 1 aromatic rings. The number of benzene rings is 1. The highest BCUT2D eigenvalue weighted by Gasteiger charge is 2.39. The zero-order valence-corrected chi connectivity index (χ0v) is 9.59. The summed E-state index contributed by atoms with van der Waals surface area (Å²) in [6.45, 7) is 0. The Hall–Kier alpha value is -0.330. The molecule has 0 aliphatic carbocycles. The number of alkyl halides is 3. The lowest BCUT2D eigenvalue weighted by Gasteiger charge is -2.16. The van der Waals surface area contributed by atoms with E-state index >= 15 is 0 Å². The number of hydrogen-bond donors (Lipinski definition) is 1. The first-order chi connectivity index (χ1) is 6.32. The van der Waals surface area contributed by atoms with Crippen molar-refractivity contribution in [2.24, 2.45) is 5.73 Å².